The number of benzene rings is 1. The largest absolute Gasteiger partial charge is 0.402 e. The topological polar surface area (TPSA) is 46.5 Å². The number of rotatable bonds is 5. The molecule has 1 aromatic rings. The summed E-state index contributed by atoms with van der Waals surface area (Å²) < 4.78 is 44.8. The lowest BCUT2D eigenvalue weighted by Crippen LogP contribution is -2.19. The molecule has 0 spiro atoms. The van der Waals surface area contributed by atoms with Crippen LogP contribution in [0.15, 0.2) is 22.7 Å². The van der Waals surface area contributed by atoms with Crippen LogP contribution in [-0.2, 0) is 14.8 Å². The minimum Gasteiger partial charge on any atom is -0.320 e. The minimum atomic E-state index is -5.10. The quantitative estimate of drug-likeness (QED) is 0.770. The molecule has 2 unspecified atom stereocenters. The molecule has 1 N–H and O–H groups in total. The highest BCUT2D eigenvalue weighted by Crippen LogP contribution is 2.64. The van der Waals surface area contributed by atoms with Crippen LogP contribution in [0.3, 0.4) is 0 Å². The number of alkyl halides is 2. The second-order valence-electron chi connectivity index (χ2n) is 4.37. The van der Waals surface area contributed by atoms with E-state index in [1.54, 1.807) is 13.8 Å². The van der Waals surface area contributed by atoms with E-state index in [4.69, 9.17) is 0 Å². The van der Waals surface area contributed by atoms with Gasteiger partial charge in [0.2, 0.25) is 0 Å². The van der Waals surface area contributed by atoms with Crippen LogP contribution >= 0.6 is 23.5 Å². The molecular weight excluding hydrogens is 341 g/mol. The predicted molar refractivity (Wildman–Crippen MR) is 73.4 cm³/mol. The number of hydrogen-bond acceptors (Lipinski definition) is 2. The van der Waals surface area contributed by atoms with E-state index in [2.05, 4.69) is 20.5 Å². The van der Waals surface area contributed by atoms with E-state index in [1.807, 2.05) is 0 Å². The van der Waals surface area contributed by atoms with Gasteiger partial charge in [-0.15, -0.1) is 0 Å². The summed E-state index contributed by atoms with van der Waals surface area (Å²) in [6.07, 6.45) is -0.346. The van der Waals surface area contributed by atoms with Gasteiger partial charge in [0, 0.05) is 10.0 Å². The van der Waals surface area contributed by atoms with Gasteiger partial charge in [0.15, 0.2) is 0 Å². The highest BCUT2D eigenvalue weighted by Gasteiger charge is 2.54. The van der Waals surface area contributed by atoms with Crippen LogP contribution in [0.5, 0.6) is 0 Å². The van der Waals surface area contributed by atoms with Crippen LogP contribution in [0, 0.1) is 6.92 Å². The summed E-state index contributed by atoms with van der Waals surface area (Å²) in [5.41, 5.74) is -3.74. The second kappa shape index (κ2) is 6.00. The van der Waals surface area contributed by atoms with Gasteiger partial charge in [0.25, 0.3) is 0 Å². The molecule has 0 radical (unpaired) electrons. The van der Waals surface area contributed by atoms with Crippen molar-refractivity contribution < 1.29 is 22.8 Å². The smallest absolute Gasteiger partial charge is 0.320 e. The Morgan fingerprint density at radius 3 is 2.58 bits per heavy atom. The van der Waals surface area contributed by atoms with Gasteiger partial charge in [-0.1, -0.05) is 35.0 Å². The van der Waals surface area contributed by atoms with Gasteiger partial charge in [-0.2, -0.15) is 8.78 Å². The Balaban J connectivity index is 3.18. The van der Waals surface area contributed by atoms with Crippen molar-refractivity contribution in [3.05, 3.63) is 33.8 Å². The zero-order valence-electron chi connectivity index (χ0n) is 10.9. The van der Waals surface area contributed by atoms with Crippen molar-refractivity contribution in [3.8, 4) is 0 Å². The fraction of sp³-hybridized carbons (Fsp3) is 0.500. The lowest BCUT2D eigenvalue weighted by molar-refractivity contribution is 0.0341. The average molecular weight is 357 g/mol. The lowest BCUT2D eigenvalue weighted by Gasteiger charge is -2.25. The first-order valence-electron chi connectivity index (χ1n) is 5.77. The molecule has 0 aliphatic rings. The number of aryl methyl sites for hydroxylation is 1. The van der Waals surface area contributed by atoms with Crippen LogP contribution in [0.25, 0.3) is 0 Å². The molecule has 3 nitrogen and oxygen atoms in total. The number of halogens is 3. The third-order valence-electron chi connectivity index (χ3n) is 2.70. The molecule has 0 heterocycles. The molecule has 0 saturated carbocycles. The van der Waals surface area contributed by atoms with Gasteiger partial charge in [0.05, 0.1) is 6.10 Å². The zero-order valence-corrected chi connectivity index (χ0v) is 13.3. The maximum absolute atomic E-state index is 14.2. The van der Waals surface area contributed by atoms with Gasteiger partial charge in [-0.3, -0.25) is 4.57 Å². The summed E-state index contributed by atoms with van der Waals surface area (Å²) in [7, 11) is -5.10. The molecule has 0 aromatic heterocycles. The standard InChI is InChI=1S/C12H16BrF2O3P/c1-4-9(3)18-19(16,17)12(14,15)10-6-5-8(2)7-11(10)13/h5-7,9H,4H2,1-3H3,(H,16,17). The van der Waals surface area contributed by atoms with E-state index in [9.17, 15) is 18.2 Å². The summed E-state index contributed by atoms with van der Waals surface area (Å²) in [4.78, 5) is 9.55. The van der Waals surface area contributed by atoms with Crippen molar-refractivity contribution in [2.24, 2.45) is 0 Å². The molecule has 108 valence electrons. The van der Waals surface area contributed by atoms with Crippen molar-refractivity contribution in [2.45, 2.75) is 39.0 Å². The second-order valence-corrected chi connectivity index (χ2v) is 7.04. The SMILES string of the molecule is CCC(C)OP(=O)(O)C(F)(F)c1ccc(C)cc1Br. The normalized spacial score (nSPS) is 17.0. The maximum Gasteiger partial charge on any atom is 0.402 e. The molecule has 1 aromatic carbocycles. The monoisotopic (exact) mass is 356 g/mol. The maximum atomic E-state index is 14.2. The van der Waals surface area contributed by atoms with Crippen molar-refractivity contribution in [2.75, 3.05) is 0 Å². The highest BCUT2D eigenvalue weighted by atomic mass is 79.9. The summed E-state index contributed by atoms with van der Waals surface area (Å²) in [6.45, 7) is 4.90. The van der Waals surface area contributed by atoms with E-state index in [0.717, 1.165) is 11.6 Å². The molecule has 0 saturated heterocycles. The van der Waals surface area contributed by atoms with Crippen LogP contribution in [-0.4, -0.2) is 11.0 Å². The molecule has 0 amide bonds. The first kappa shape index (κ1) is 16.8. The van der Waals surface area contributed by atoms with E-state index in [-0.39, 0.29) is 4.47 Å². The third-order valence-corrected chi connectivity index (χ3v) is 4.95. The van der Waals surface area contributed by atoms with Crippen molar-refractivity contribution in [1.29, 1.82) is 0 Å². The van der Waals surface area contributed by atoms with Crippen LogP contribution in [0.2, 0.25) is 0 Å². The van der Waals surface area contributed by atoms with Crippen LogP contribution in [0.4, 0.5) is 8.78 Å². The Labute approximate surface area is 119 Å². The summed E-state index contributed by atoms with van der Waals surface area (Å²) in [5, 5.41) is 0. The van der Waals surface area contributed by atoms with Gasteiger partial charge >= 0.3 is 13.3 Å². The molecule has 0 bridgehead atoms. The lowest BCUT2D eigenvalue weighted by atomic mass is 10.1. The average Bonchev–Trinajstić information content (AvgIpc) is 2.27. The van der Waals surface area contributed by atoms with Gasteiger partial charge < -0.3 is 9.42 Å². The van der Waals surface area contributed by atoms with Crippen LogP contribution < -0.4 is 0 Å². The molecule has 19 heavy (non-hydrogen) atoms. The van der Waals surface area contributed by atoms with Gasteiger partial charge in [0.1, 0.15) is 0 Å². The summed E-state index contributed by atoms with van der Waals surface area (Å²) >= 11 is 2.99. The Bertz CT molecular complexity index is 508. The van der Waals surface area contributed by atoms with Gasteiger partial charge in [-0.05, 0) is 31.9 Å². The Morgan fingerprint density at radius 1 is 1.53 bits per heavy atom. The van der Waals surface area contributed by atoms with E-state index < -0.39 is 24.9 Å². The van der Waals surface area contributed by atoms with Crippen molar-refractivity contribution in [3.63, 3.8) is 0 Å². The molecule has 0 aliphatic heterocycles. The Hall–Kier alpha value is -0.290. The molecule has 0 fully saturated rings. The third kappa shape index (κ3) is 3.63. The number of hydrogen-bond donors (Lipinski definition) is 1. The summed E-state index contributed by atoms with van der Waals surface area (Å²) in [6, 6.07) is 4.05. The molecule has 7 heteroatoms. The highest BCUT2D eigenvalue weighted by molar-refractivity contribution is 9.10. The fourth-order valence-electron chi connectivity index (χ4n) is 1.40. The molecule has 0 aliphatic carbocycles. The van der Waals surface area contributed by atoms with Crippen LogP contribution in [0.1, 0.15) is 31.4 Å². The Morgan fingerprint density at radius 2 is 2.11 bits per heavy atom. The van der Waals surface area contributed by atoms with Crippen molar-refractivity contribution >= 4 is 23.5 Å². The zero-order chi connectivity index (χ0) is 14.8. The van der Waals surface area contributed by atoms with Gasteiger partial charge in [-0.25, -0.2) is 0 Å². The van der Waals surface area contributed by atoms with Crippen molar-refractivity contribution in [1.82, 2.24) is 0 Å². The predicted octanol–water partition coefficient (Wildman–Crippen LogP) is 4.81. The molecule has 2 atom stereocenters. The Kier molecular flexibility index (Phi) is 5.29. The summed E-state index contributed by atoms with van der Waals surface area (Å²) in [5.74, 6) is 0. The molecular formula is C12H16BrF2O3P. The first-order chi connectivity index (χ1) is 8.61. The van der Waals surface area contributed by atoms with E-state index in [1.165, 1.54) is 19.1 Å². The first-order valence-corrected chi connectivity index (χ1v) is 8.14. The van der Waals surface area contributed by atoms with E-state index >= 15 is 0 Å². The fourth-order valence-corrected chi connectivity index (χ4v) is 3.57. The molecule has 1 rings (SSSR count). The van der Waals surface area contributed by atoms with E-state index in [0.29, 0.717) is 6.42 Å². The minimum absolute atomic E-state index is 0.0829.